The number of hydrogen-bond donors (Lipinski definition) is 0. The quantitative estimate of drug-likeness (QED) is 0.166. The Kier molecular flexibility index (Phi) is 8.16. The summed E-state index contributed by atoms with van der Waals surface area (Å²) in [5.74, 6) is 0.701. The van der Waals surface area contributed by atoms with E-state index in [1.54, 1.807) is 0 Å². The number of para-hydroxylation sites is 2. The molecule has 3 nitrogen and oxygen atoms in total. The molecule has 0 radical (unpaired) electrons. The Morgan fingerprint density at radius 2 is 0.818 bits per heavy atom. The molecule has 0 fully saturated rings. The molecule has 2 aromatic heterocycles. The molecule has 0 bridgehead atoms. The van der Waals surface area contributed by atoms with Crippen molar-refractivity contribution in [1.82, 2.24) is 9.97 Å². The number of benzene rings is 8. The molecule has 2 heterocycles. The highest BCUT2D eigenvalue weighted by Gasteiger charge is 2.21. The molecule has 10 aromatic rings. The van der Waals surface area contributed by atoms with Gasteiger partial charge in [0.2, 0.25) is 0 Å². The number of fused-ring (bicyclic) bond motifs is 3. The van der Waals surface area contributed by atoms with Crippen LogP contribution in [0.3, 0.4) is 0 Å². The van der Waals surface area contributed by atoms with Crippen LogP contribution >= 0.6 is 0 Å². The molecule has 0 aliphatic rings. The second-order valence-electron chi connectivity index (χ2n) is 13.7. The van der Waals surface area contributed by atoms with Gasteiger partial charge >= 0.3 is 0 Å². The number of aromatic nitrogens is 2. The smallest absolute Gasteiger partial charge is 0.160 e. The molecule has 0 atom stereocenters. The fourth-order valence-electron chi connectivity index (χ4n) is 7.64. The minimum Gasteiger partial charge on any atom is -0.455 e. The summed E-state index contributed by atoms with van der Waals surface area (Å²) < 4.78 is 6.66. The van der Waals surface area contributed by atoms with Crippen molar-refractivity contribution in [3.8, 4) is 78.4 Å². The van der Waals surface area contributed by atoms with Crippen molar-refractivity contribution >= 4 is 21.9 Å². The first-order valence-electron chi connectivity index (χ1n) is 18.6. The average molecular weight is 703 g/mol. The monoisotopic (exact) mass is 702 g/mol. The maximum Gasteiger partial charge on any atom is 0.160 e. The predicted molar refractivity (Wildman–Crippen MR) is 227 cm³/mol. The van der Waals surface area contributed by atoms with Gasteiger partial charge in [-0.05, 0) is 63.2 Å². The lowest BCUT2D eigenvalue weighted by Crippen LogP contribution is -1.96. The number of rotatable bonds is 7. The van der Waals surface area contributed by atoms with Gasteiger partial charge in [-0.15, -0.1) is 0 Å². The van der Waals surface area contributed by atoms with E-state index in [0.29, 0.717) is 5.82 Å². The van der Waals surface area contributed by atoms with Gasteiger partial charge in [0, 0.05) is 33.0 Å². The van der Waals surface area contributed by atoms with Crippen molar-refractivity contribution in [3.63, 3.8) is 0 Å². The molecular formula is C52H34N2O. The fourth-order valence-corrected chi connectivity index (χ4v) is 7.64. The molecule has 3 heteroatoms. The van der Waals surface area contributed by atoms with Crippen LogP contribution in [-0.4, -0.2) is 9.97 Å². The zero-order valence-electron chi connectivity index (χ0n) is 29.9. The summed E-state index contributed by atoms with van der Waals surface area (Å²) in [5, 5.41) is 2.23. The van der Waals surface area contributed by atoms with Crippen LogP contribution in [0, 0.1) is 0 Å². The summed E-state index contributed by atoms with van der Waals surface area (Å²) in [6.07, 6.45) is 0. The van der Waals surface area contributed by atoms with E-state index in [-0.39, 0.29) is 0 Å². The Morgan fingerprint density at radius 1 is 0.309 bits per heavy atom. The molecule has 258 valence electrons. The molecule has 0 saturated heterocycles. The summed E-state index contributed by atoms with van der Waals surface area (Å²) in [6.45, 7) is 0. The lowest BCUT2D eigenvalue weighted by Gasteiger charge is -2.19. The van der Waals surface area contributed by atoms with Crippen molar-refractivity contribution in [2.75, 3.05) is 0 Å². The van der Waals surface area contributed by atoms with Crippen LogP contribution in [0.15, 0.2) is 211 Å². The van der Waals surface area contributed by atoms with Crippen molar-refractivity contribution in [3.05, 3.63) is 206 Å². The van der Waals surface area contributed by atoms with E-state index >= 15 is 0 Å². The highest BCUT2D eigenvalue weighted by Crippen LogP contribution is 2.46. The van der Waals surface area contributed by atoms with E-state index in [1.807, 2.05) is 48.5 Å². The van der Waals surface area contributed by atoms with E-state index in [1.165, 1.54) is 0 Å². The molecule has 55 heavy (non-hydrogen) atoms. The second-order valence-corrected chi connectivity index (χ2v) is 13.7. The largest absolute Gasteiger partial charge is 0.455 e. The van der Waals surface area contributed by atoms with Gasteiger partial charge in [0.15, 0.2) is 5.82 Å². The van der Waals surface area contributed by atoms with Crippen molar-refractivity contribution in [2.45, 2.75) is 0 Å². The molecule has 10 rings (SSSR count). The van der Waals surface area contributed by atoms with Gasteiger partial charge in [-0.25, -0.2) is 9.97 Å². The number of furan rings is 1. The molecule has 8 aromatic carbocycles. The minimum atomic E-state index is 0.701. The lowest BCUT2D eigenvalue weighted by molar-refractivity contribution is 0.670. The van der Waals surface area contributed by atoms with Crippen LogP contribution in [0.4, 0.5) is 0 Å². The van der Waals surface area contributed by atoms with E-state index in [9.17, 15) is 0 Å². The zero-order chi connectivity index (χ0) is 36.6. The first-order chi connectivity index (χ1) is 27.3. The normalized spacial score (nSPS) is 11.3. The molecular weight excluding hydrogens is 669 g/mol. The molecule has 0 aliphatic carbocycles. The molecule has 0 amide bonds. The van der Waals surface area contributed by atoms with E-state index in [4.69, 9.17) is 14.4 Å². The number of nitrogens with zero attached hydrogens (tertiary/aromatic N) is 2. The van der Waals surface area contributed by atoms with E-state index in [0.717, 1.165) is 94.5 Å². The Bertz CT molecular complexity index is 2880. The Hall–Kier alpha value is -7.36. The highest BCUT2D eigenvalue weighted by atomic mass is 16.3. The molecule has 0 spiro atoms. The maximum atomic E-state index is 6.66. The Morgan fingerprint density at radius 3 is 1.49 bits per heavy atom. The third-order valence-electron chi connectivity index (χ3n) is 10.3. The number of hydrogen-bond acceptors (Lipinski definition) is 3. The van der Waals surface area contributed by atoms with Crippen LogP contribution in [0.25, 0.3) is 100 Å². The average Bonchev–Trinajstić information content (AvgIpc) is 3.66. The fraction of sp³-hybridized carbons (Fsp3) is 0. The SMILES string of the molecule is c1ccc(-c2cc(-c3ccc(-c4cc(-c5ccccc5)nc(-c5ccccc5)n4)cc3)c(-c3ccccc3)c(-c3cccc4c3oc3ccccc34)c2)cc1. The molecule has 0 aliphatic heterocycles. The van der Waals surface area contributed by atoms with Gasteiger partial charge in [-0.2, -0.15) is 0 Å². The van der Waals surface area contributed by atoms with Crippen LogP contribution in [-0.2, 0) is 0 Å². The van der Waals surface area contributed by atoms with Crippen LogP contribution in [0.1, 0.15) is 0 Å². The Labute approximate surface area is 319 Å². The van der Waals surface area contributed by atoms with E-state index in [2.05, 4.69) is 158 Å². The molecule has 0 saturated carbocycles. The first-order valence-corrected chi connectivity index (χ1v) is 18.6. The van der Waals surface area contributed by atoms with Gasteiger partial charge in [-0.1, -0.05) is 182 Å². The van der Waals surface area contributed by atoms with Crippen LogP contribution in [0.5, 0.6) is 0 Å². The highest BCUT2D eigenvalue weighted by molar-refractivity contribution is 6.12. The molecule has 0 unspecified atom stereocenters. The van der Waals surface area contributed by atoms with Gasteiger partial charge in [0.25, 0.3) is 0 Å². The van der Waals surface area contributed by atoms with Gasteiger partial charge < -0.3 is 4.42 Å². The van der Waals surface area contributed by atoms with Crippen LogP contribution < -0.4 is 0 Å². The summed E-state index contributed by atoms with van der Waals surface area (Å²) in [5.41, 5.74) is 15.6. The van der Waals surface area contributed by atoms with Crippen LogP contribution in [0.2, 0.25) is 0 Å². The third kappa shape index (κ3) is 6.08. The maximum absolute atomic E-state index is 6.66. The van der Waals surface area contributed by atoms with Gasteiger partial charge in [-0.3, -0.25) is 0 Å². The summed E-state index contributed by atoms with van der Waals surface area (Å²) >= 11 is 0. The minimum absolute atomic E-state index is 0.701. The first kappa shape index (κ1) is 32.3. The van der Waals surface area contributed by atoms with Crippen molar-refractivity contribution in [1.29, 1.82) is 0 Å². The predicted octanol–water partition coefficient (Wildman–Crippen LogP) is 14.0. The van der Waals surface area contributed by atoms with Gasteiger partial charge in [0.05, 0.1) is 11.4 Å². The van der Waals surface area contributed by atoms with E-state index < -0.39 is 0 Å². The van der Waals surface area contributed by atoms with Crippen molar-refractivity contribution in [2.24, 2.45) is 0 Å². The van der Waals surface area contributed by atoms with Crippen molar-refractivity contribution < 1.29 is 4.42 Å². The standard InChI is InChI=1S/C52H34N2O/c1-5-16-35(17-6-1)41-32-45(50(39-20-9-3-10-21-39)46(33-41)44-26-15-25-43-42-24-13-14-27-49(42)55-51(43)44)36-28-30-38(31-29-36)48-34-47(37-18-7-2-8-19-37)53-52(54-48)40-22-11-4-12-23-40/h1-34H. The zero-order valence-corrected chi connectivity index (χ0v) is 29.9. The van der Waals surface area contributed by atoms with Gasteiger partial charge in [0.1, 0.15) is 11.2 Å². The summed E-state index contributed by atoms with van der Waals surface area (Å²) in [7, 11) is 0. The molecule has 0 N–H and O–H groups in total. The topological polar surface area (TPSA) is 38.9 Å². The summed E-state index contributed by atoms with van der Waals surface area (Å²) in [4.78, 5) is 10.1. The third-order valence-corrected chi connectivity index (χ3v) is 10.3. The second kappa shape index (κ2) is 13.9. The lowest BCUT2D eigenvalue weighted by atomic mass is 9.84. The summed E-state index contributed by atoms with van der Waals surface area (Å²) in [6, 6.07) is 72.2. The Balaban J connectivity index is 1.18.